The zero-order chi connectivity index (χ0) is 12.9. The first-order valence-corrected chi connectivity index (χ1v) is 6.41. The molecule has 1 N–H and O–H groups in total. The topological polar surface area (TPSA) is 15.3 Å². The molecule has 1 unspecified atom stereocenters. The maximum absolute atomic E-state index is 12.1. The van der Waals surface area contributed by atoms with Crippen LogP contribution in [0.5, 0.6) is 0 Å². The predicted molar refractivity (Wildman–Crippen MR) is 63.0 cm³/mol. The van der Waals surface area contributed by atoms with Gasteiger partial charge in [-0.3, -0.25) is 0 Å². The van der Waals surface area contributed by atoms with Crippen LogP contribution in [-0.2, 0) is 0 Å². The van der Waals surface area contributed by atoms with Gasteiger partial charge in [0.15, 0.2) is 0 Å². The summed E-state index contributed by atoms with van der Waals surface area (Å²) in [5.41, 5.74) is 0. The van der Waals surface area contributed by atoms with Crippen LogP contribution >= 0.6 is 0 Å². The summed E-state index contributed by atoms with van der Waals surface area (Å²) >= 11 is 0. The highest BCUT2D eigenvalue weighted by molar-refractivity contribution is 4.78. The predicted octanol–water partition coefficient (Wildman–Crippen LogP) is 2.65. The Morgan fingerprint density at radius 1 is 1.35 bits per heavy atom. The molecule has 1 heterocycles. The van der Waals surface area contributed by atoms with Crippen molar-refractivity contribution in [1.29, 1.82) is 0 Å². The van der Waals surface area contributed by atoms with Gasteiger partial charge in [0.25, 0.3) is 0 Å². The second-order valence-electron chi connectivity index (χ2n) is 5.18. The highest BCUT2D eigenvalue weighted by Gasteiger charge is 2.27. The smallest absolute Gasteiger partial charge is 0.312 e. The molecule has 1 rings (SSSR count). The zero-order valence-electron chi connectivity index (χ0n) is 10.7. The lowest BCUT2D eigenvalue weighted by Crippen LogP contribution is -2.41. The first-order valence-electron chi connectivity index (χ1n) is 6.41. The van der Waals surface area contributed by atoms with Crippen LogP contribution in [0, 0.1) is 5.92 Å². The zero-order valence-corrected chi connectivity index (χ0v) is 10.7. The molecule has 1 atom stereocenters. The van der Waals surface area contributed by atoms with E-state index in [-0.39, 0.29) is 6.42 Å². The number of halogens is 3. The fourth-order valence-electron chi connectivity index (χ4n) is 2.18. The molecule has 0 aromatic heterocycles. The van der Waals surface area contributed by atoms with Gasteiger partial charge in [-0.25, -0.2) is 0 Å². The van der Waals surface area contributed by atoms with E-state index in [0.717, 1.165) is 26.1 Å². The van der Waals surface area contributed by atoms with Crippen LogP contribution < -0.4 is 5.32 Å². The molecule has 0 radical (unpaired) electrons. The van der Waals surface area contributed by atoms with Gasteiger partial charge < -0.3 is 10.2 Å². The average Bonchev–Trinajstić information content (AvgIpc) is 2.41. The molecule has 2 nitrogen and oxygen atoms in total. The van der Waals surface area contributed by atoms with Crippen molar-refractivity contribution in [2.24, 2.45) is 5.92 Å². The van der Waals surface area contributed by atoms with Gasteiger partial charge in [0.2, 0.25) is 0 Å². The van der Waals surface area contributed by atoms with Crippen LogP contribution in [0.1, 0.15) is 33.1 Å². The highest BCUT2D eigenvalue weighted by Crippen LogP contribution is 2.21. The lowest BCUT2D eigenvalue weighted by Gasteiger charge is -2.26. The molecular formula is C12H23F3N2. The molecule has 0 aliphatic carbocycles. The number of alkyl halides is 3. The molecule has 0 amide bonds. The standard InChI is InChI=1S/C12H23F3N2/c1-10(2)11-9-17(8-4-6-16-11)7-3-5-12(13,14)15/h10-11,16H,3-9H2,1-2H3. The maximum atomic E-state index is 12.1. The van der Waals surface area contributed by atoms with Gasteiger partial charge in [0.1, 0.15) is 0 Å². The number of rotatable bonds is 4. The number of hydrogen-bond acceptors (Lipinski definition) is 2. The average molecular weight is 252 g/mol. The summed E-state index contributed by atoms with van der Waals surface area (Å²) < 4.78 is 36.2. The molecule has 0 saturated carbocycles. The minimum atomic E-state index is -4.01. The van der Waals surface area contributed by atoms with E-state index in [2.05, 4.69) is 24.1 Å². The van der Waals surface area contributed by atoms with E-state index in [9.17, 15) is 13.2 Å². The highest BCUT2D eigenvalue weighted by atomic mass is 19.4. The molecule has 5 heteroatoms. The third kappa shape index (κ3) is 6.27. The van der Waals surface area contributed by atoms with Crippen molar-refractivity contribution in [3.05, 3.63) is 0 Å². The summed E-state index contributed by atoms with van der Waals surface area (Å²) in [5.74, 6) is 0.526. The maximum Gasteiger partial charge on any atom is 0.389 e. The molecule has 1 saturated heterocycles. The van der Waals surface area contributed by atoms with Gasteiger partial charge in [-0.05, 0) is 38.4 Å². The van der Waals surface area contributed by atoms with Gasteiger partial charge in [-0.1, -0.05) is 13.8 Å². The Morgan fingerprint density at radius 2 is 2.06 bits per heavy atom. The van der Waals surface area contributed by atoms with Crippen molar-refractivity contribution >= 4 is 0 Å². The molecule has 0 spiro atoms. The Hall–Kier alpha value is -0.290. The SMILES string of the molecule is CC(C)C1CN(CCCC(F)(F)F)CCCN1. The second kappa shape index (κ2) is 6.59. The normalized spacial score (nSPS) is 24.0. The first kappa shape index (κ1) is 14.8. The quantitative estimate of drug-likeness (QED) is 0.827. The number of nitrogens with zero attached hydrogens (tertiary/aromatic N) is 1. The molecule has 102 valence electrons. The summed E-state index contributed by atoms with van der Waals surface area (Å²) in [6.07, 6.45) is -3.44. The molecule has 1 aliphatic heterocycles. The monoisotopic (exact) mass is 252 g/mol. The van der Waals surface area contributed by atoms with Crippen molar-refractivity contribution in [2.75, 3.05) is 26.2 Å². The van der Waals surface area contributed by atoms with Gasteiger partial charge in [-0.2, -0.15) is 13.2 Å². The van der Waals surface area contributed by atoms with Crippen LogP contribution in [0.15, 0.2) is 0 Å². The van der Waals surface area contributed by atoms with Gasteiger partial charge >= 0.3 is 6.18 Å². The summed E-state index contributed by atoms with van der Waals surface area (Å²) in [6, 6.07) is 0.406. The Balaban J connectivity index is 2.31. The first-order chi connectivity index (χ1) is 7.88. The van der Waals surface area contributed by atoms with E-state index in [1.165, 1.54) is 0 Å². The molecule has 0 aromatic rings. The Labute approximate surface area is 102 Å². The van der Waals surface area contributed by atoms with E-state index < -0.39 is 12.6 Å². The van der Waals surface area contributed by atoms with Crippen molar-refractivity contribution in [2.45, 2.75) is 45.3 Å². The summed E-state index contributed by atoms with van der Waals surface area (Å²) in [5, 5.41) is 3.45. The summed E-state index contributed by atoms with van der Waals surface area (Å²) in [6.45, 7) is 7.61. The third-order valence-electron chi connectivity index (χ3n) is 3.25. The molecule has 0 bridgehead atoms. The lowest BCUT2D eigenvalue weighted by atomic mass is 10.0. The van der Waals surface area contributed by atoms with Crippen molar-refractivity contribution in [3.8, 4) is 0 Å². The Bertz CT molecular complexity index is 216. The third-order valence-corrected chi connectivity index (χ3v) is 3.25. The molecular weight excluding hydrogens is 229 g/mol. The van der Waals surface area contributed by atoms with Crippen molar-refractivity contribution in [3.63, 3.8) is 0 Å². The fourth-order valence-corrected chi connectivity index (χ4v) is 2.18. The number of hydrogen-bond donors (Lipinski definition) is 1. The lowest BCUT2D eigenvalue weighted by molar-refractivity contribution is -0.136. The molecule has 1 fully saturated rings. The van der Waals surface area contributed by atoms with Gasteiger partial charge in [-0.15, -0.1) is 0 Å². The number of nitrogens with one attached hydrogen (secondary N) is 1. The van der Waals surface area contributed by atoms with Crippen LogP contribution in [0.4, 0.5) is 13.2 Å². The largest absolute Gasteiger partial charge is 0.389 e. The minimum Gasteiger partial charge on any atom is -0.312 e. The minimum absolute atomic E-state index is 0.217. The van der Waals surface area contributed by atoms with E-state index in [1.54, 1.807) is 0 Å². The fraction of sp³-hybridized carbons (Fsp3) is 1.00. The van der Waals surface area contributed by atoms with Crippen molar-refractivity contribution in [1.82, 2.24) is 10.2 Å². The van der Waals surface area contributed by atoms with E-state index >= 15 is 0 Å². The van der Waals surface area contributed by atoms with Crippen LogP contribution in [0.25, 0.3) is 0 Å². The molecule has 1 aliphatic rings. The van der Waals surface area contributed by atoms with Crippen LogP contribution in [0.2, 0.25) is 0 Å². The Kier molecular flexibility index (Phi) is 5.73. The summed E-state index contributed by atoms with van der Waals surface area (Å²) in [7, 11) is 0. The van der Waals surface area contributed by atoms with Crippen molar-refractivity contribution < 1.29 is 13.2 Å². The van der Waals surface area contributed by atoms with E-state index in [1.807, 2.05) is 0 Å². The second-order valence-corrected chi connectivity index (χ2v) is 5.18. The van der Waals surface area contributed by atoms with Crippen LogP contribution in [-0.4, -0.2) is 43.3 Å². The Morgan fingerprint density at radius 3 is 2.65 bits per heavy atom. The van der Waals surface area contributed by atoms with Crippen LogP contribution in [0.3, 0.4) is 0 Å². The molecule has 17 heavy (non-hydrogen) atoms. The summed E-state index contributed by atoms with van der Waals surface area (Å²) in [4.78, 5) is 2.16. The molecule has 0 aromatic carbocycles. The van der Waals surface area contributed by atoms with Gasteiger partial charge in [0.05, 0.1) is 0 Å². The van der Waals surface area contributed by atoms with E-state index in [0.29, 0.717) is 18.5 Å². The van der Waals surface area contributed by atoms with Gasteiger partial charge in [0, 0.05) is 19.0 Å². The van der Waals surface area contributed by atoms with E-state index in [4.69, 9.17) is 0 Å².